The lowest BCUT2D eigenvalue weighted by molar-refractivity contribution is 0.300. The molecule has 2 rings (SSSR count). The first kappa shape index (κ1) is 13.5. The fraction of sp³-hybridized carbons (Fsp3) is 0.857. The van der Waals surface area contributed by atoms with Gasteiger partial charge in [0.2, 0.25) is 0 Å². The molecule has 1 heterocycles. The molecule has 1 aliphatic rings. The molecule has 18 heavy (non-hydrogen) atoms. The van der Waals surface area contributed by atoms with E-state index in [0.29, 0.717) is 6.04 Å². The van der Waals surface area contributed by atoms with Gasteiger partial charge in [-0.05, 0) is 26.3 Å². The Balaban J connectivity index is 1.88. The summed E-state index contributed by atoms with van der Waals surface area (Å²) in [4.78, 5) is 4.38. The largest absolute Gasteiger partial charge is 0.317 e. The van der Waals surface area contributed by atoms with Gasteiger partial charge in [-0.25, -0.2) is 4.98 Å². The normalized spacial score (nSPS) is 19.0. The smallest absolute Gasteiger partial charge is 0.138 e. The fourth-order valence-electron chi connectivity index (χ4n) is 3.06. The van der Waals surface area contributed by atoms with Crippen LogP contribution in [0.3, 0.4) is 0 Å². The van der Waals surface area contributed by atoms with Crippen LogP contribution in [0.1, 0.15) is 51.3 Å². The van der Waals surface area contributed by atoms with Gasteiger partial charge in [-0.15, -0.1) is 0 Å². The molecule has 0 spiro atoms. The zero-order chi connectivity index (χ0) is 12.8. The molecule has 1 fully saturated rings. The maximum absolute atomic E-state index is 4.38. The molecule has 0 aromatic carbocycles. The van der Waals surface area contributed by atoms with Gasteiger partial charge in [0.15, 0.2) is 0 Å². The van der Waals surface area contributed by atoms with E-state index in [2.05, 4.69) is 29.4 Å². The Hall–Kier alpha value is -0.900. The van der Waals surface area contributed by atoms with Gasteiger partial charge in [-0.1, -0.05) is 32.1 Å². The number of hydrogen-bond donors (Lipinski definition) is 1. The zero-order valence-corrected chi connectivity index (χ0v) is 11.7. The minimum Gasteiger partial charge on any atom is -0.317 e. The third kappa shape index (κ3) is 3.55. The van der Waals surface area contributed by atoms with Crippen molar-refractivity contribution in [3.8, 4) is 0 Å². The molecular formula is C14H26N4. The summed E-state index contributed by atoms with van der Waals surface area (Å²) < 4.78 is 2.01. The molecule has 1 saturated carbocycles. The number of nitrogens with zero attached hydrogens (tertiary/aromatic N) is 3. The number of aromatic nitrogens is 3. The Morgan fingerprint density at radius 1 is 1.39 bits per heavy atom. The van der Waals surface area contributed by atoms with E-state index in [-0.39, 0.29) is 0 Å². The first-order valence-corrected chi connectivity index (χ1v) is 7.37. The average Bonchev–Trinajstić information content (AvgIpc) is 2.86. The monoisotopic (exact) mass is 250 g/mol. The third-order valence-electron chi connectivity index (χ3n) is 4.18. The van der Waals surface area contributed by atoms with Crippen molar-refractivity contribution in [2.45, 2.75) is 64.5 Å². The van der Waals surface area contributed by atoms with Crippen molar-refractivity contribution < 1.29 is 0 Å². The number of nitrogens with one attached hydrogen (secondary N) is 1. The van der Waals surface area contributed by atoms with Crippen LogP contribution in [0, 0.1) is 5.92 Å². The number of rotatable bonds is 6. The summed E-state index contributed by atoms with van der Waals surface area (Å²) in [5.74, 6) is 2.03. The van der Waals surface area contributed by atoms with Gasteiger partial charge >= 0.3 is 0 Å². The minimum atomic E-state index is 0.544. The summed E-state index contributed by atoms with van der Waals surface area (Å²) in [5, 5.41) is 7.70. The number of likely N-dealkylation sites (N-methyl/N-ethyl adjacent to an activating group) is 1. The second-order valence-electron chi connectivity index (χ2n) is 5.42. The van der Waals surface area contributed by atoms with E-state index in [1.807, 2.05) is 4.68 Å². The highest BCUT2D eigenvalue weighted by molar-refractivity contribution is 4.90. The minimum absolute atomic E-state index is 0.544. The molecule has 0 bridgehead atoms. The van der Waals surface area contributed by atoms with Crippen LogP contribution in [0.15, 0.2) is 6.33 Å². The summed E-state index contributed by atoms with van der Waals surface area (Å²) in [6.45, 7) is 3.03. The summed E-state index contributed by atoms with van der Waals surface area (Å²) in [7, 11) is 2.07. The molecule has 0 aliphatic heterocycles. The summed E-state index contributed by atoms with van der Waals surface area (Å²) in [5.41, 5.74) is 0. The Labute approximate surface area is 110 Å². The van der Waals surface area contributed by atoms with Gasteiger partial charge in [0.05, 0.1) is 0 Å². The highest BCUT2D eigenvalue weighted by atomic mass is 15.3. The summed E-state index contributed by atoms with van der Waals surface area (Å²) in [6, 6.07) is 0.544. The lowest BCUT2D eigenvalue weighted by Gasteiger charge is -2.26. The van der Waals surface area contributed by atoms with E-state index in [9.17, 15) is 0 Å². The number of hydrogen-bond acceptors (Lipinski definition) is 3. The lowest BCUT2D eigenvalue weighted by Crippen LogP contribution is -2.31. The standard InChI is InChI=1S/C14H26N4/c1-3-18-14(16-11-17-18)10-13(15-2)9-12-7-5-4-6-8-12/h11-13,15H,3-10H2,1-2H3. The van der Waals surface area contributed by atoms with E-state index < -0.39 is 0 Å². The Morgan fingerprint density at radius 2 is 2.17 bits per heavy atom. The van der Waals surface area contributed by atoms with Gasteiger partial charge in [0.25, 0.3) is 0 Å². The van der Waals surface area contributed by atoms with Crippen molar-refractivity contribution in [2.24, 2.45) is 5.92 Å². The molecule has 4 heteroatoms. The fourth-order valence-corrected chi connectivity index (χ4v) is 3.06. The number of aryl methyl sites for hydroxylation is 1. The van der Waals surface area contributed by atoms with E-state index in [4.69, 9.17) is 0 Å². The molecule has 1 N–H and O–H groups in total. The van der Waals surface area contributed by atoms with Gasteiger partial charge < -0.3 is 5.32 Å². The van der Waals surface area contributed by atoms with Gasteiger partial charge in [0, 0.05) is 19.0 Å². The van der Waals surface area contributed by atoms with Crippen molar-refractivity contribution in [1.29, 1.82) is 0 Å². The summed E-state index contributed by atoms with van der Waals surface area (Å²) in [6.07, 6.45) is 11.1. The van der Waals surface area contributed by atoms with Gasteiger partial charge in [-0.2, -0.15) is 5.10 Å². The van der Waals surface area contributed by atoms with E-state index >= 15 is 0 Å². The molecule has 102 valence electrons. The Morgan fingerprint density at radius 3 is 2.83 bits per heavy atom. The predicted molar refractivity (Wildman–Crippen MR) is 73.4 cm³/mol. The quantitative estimate of drug-likeness (QED) is 0.843. The highest BCUT2D eigenvalue weighted by Crippen LogP contribution is 2.27. The average molecular weight is 250 g/mol. The van der Waals surface area contributed by atoms with Crippen molar-refractivity contribution in [1.82, 2.24) is 20.1 Å². The van der Waals surface area contributed by atoms with E-state index in [1.54, 1.807) is 6.33 Å². The molecule has 1 atom stereocenters. The van der Waals surface area contributed by atoms with Gasteiger partial charge in [-0.3, -0.25) is 4.68 Å². The van der Waals surface area contributed by atoms with Crippen molar-refractivity contribution >= 4 is 0 Å². The van der Waals surface area contributed by atoms with Gasteiger partial charge in [0.1, 0.15) is 12.2 Å². The van der Waals surface area contributed by atoms with Crippen molar-refractivity contribution in [2.75, 3.05) is 7.05 Å². The molecule has 4 nitrogen and oxygen atoms in total. The van der Waals surface area contributed by atoms with Crippen LogP contribution in [0.2, 0.25) is 0 Å². The molecular weight excluding hydrogens is 224 g/mol. The molecule has 0 amide bonds. The Kier molecular flexibility index (Phi) is 5.17. The topological polar surface area (TPSA) is 42.7 Å². The lowest BCUT2D eigenvalue weighted by atomic mass is 9.84. The van der Waals surface area contributed by atoms with Crippen LogP contribution in [-0.2, 0) is 13.0 Å². The Bertz CT molecular complexity index is 341. The molecule has 0 radical (unpaired) electrons. The van der Waals surface area contributed by atoms with Crippen LogP contribution in [0.4, 0.5) is 0 Å². The molecule has 1 unspecified atom stereocenters. The second-order valence-corrected chi connectivity index (χ2v) is 5.42. The first-order chi connectivity index (χ1) is 8.83. The predicted octanol–water partition coefficient (Wildman–Crippen LogP) is 2.40. The molecule has 0 saturated heterocycles. The third-order valence-corrected chi connectivity index (χ3v) is 4.18. The maximum atomic E-state index is 4.38. The second kappa shape index (κ2) is 6.88. The van der Waals surface area contributed by atoms with Crippen LogP contribution in [0.5, 0.6) is 0 Å². The van der Waals surface area contributed by atoms with Crippen LogP contribution < -0.4 is 5.32 Å². The first-order valence-electron chi connectivity index (χ1n) is 7.37. The van der Waals surface area contributed by atoms with Crippen LogP contribution >= 0.6 is 0 Å². The molecule has 1 aromatic heterocycles. The SMILES string of the molecule is CCn1ncnc1CC(CC1CCCCC1)NC. The van der Waals surface area contributed by atoms with Crippen LogP contribution in [-0.4, -0.2) is 27.9 Å². The summed E-state index contributed by atoms with van der Waals surface area (Å²) >= 11 is 0. The van der Waals surface area contributed by atoms with Crippen LogP contribution in [0.25, 0.3) is 0 Å². The van der Waals surface area contributed by atoms with E-state index in [0.717, 1.165) is 24.7 Å². The zero-order valence-electron chi connectivity index (χ0n) is 11.7. The molecule has 1 aliphatic carbocycles. The molecule has 1 aromatic rings. The van der Waals surface area contributed by atoms with E-state index in [1.165, 1.54) is 38.5 Å². The maximum Gasteiger partial charge on any atom is 0.138 e. The van der Waals surface area contributed by atoms with Crippen molar-refractivity contribution in [3.63, 3.8) is 0 Å². The highest BCUT2D eigenvalue weighted by Gasteiger charge is 2.19. The van der Waals surface area contributed by atoms with Crippen molar-refractivity contribution in [3.05, 3.63) is 12.2 Å².